The average Bonchev–Trinajstić information content (AvgIpc) is 2.17. The molecule has 0 aliphatic carbocycles. The number of pyridine rings is 1. The first-order valence-electron chi connectivity index (χ1n) is 3.73. The second-order valence-electron chi connectivity index (χ2n) is 2.61. The van der Waals surface area contributed by atoms with Crippen LogP contribution in [0.1, 0.15) is 11.7 Å². The molecule has 4 nitrogen and oxygen atoms in total. The van der Waals surface area contributed by atoms with Crippen molar-refractivity contribution in [2.45, 2.75) is 12.2 Å². The van der Waals surface area contributed by atoms with Gasteiger partial charge in [-0.1, -0.05) is 17.7 Å². The first-order chi connectivity index (χ1) is 6.15. The van der Waals surface area contributed by atoms with Crippen molar-refractivity contribution in [3.63, 3.8) is 0 Å². The second-order valence-corrected chi connectivity index (χ2v) is 3.00. The van der Waals surface area contributed by atoms with E-state index in [9.17, 15) is 5.11 Å². The third kappa shape index (κ3) is 2.63. The molecule has 72 valence electrons. The molecule has 5 heteroatoms. The van der Waals surface area contributed by atoms with E-state index in [0.717, 1.165) is 0 Å². The van der Waals surface area contributed by atoms with Gasteiger partial charge in [-0.3, -0.25) is 0 Å². The molecule has 2 unspecified atom stereocenters. The highest BCUT2D eigenvalue weighted by atomic mass is 35.5. The maximum absolute atomic E-state index is 9.39. The van der Waals surface area contributed by atoms with Gasteiger partial charge in [0.25, 0.3) is 0 Å². The standard InChI is InChI=1S/C8H10ClNO3/c9-7-2-1-5(3-10-7)8(13)6(12)4-11/h1-3,6,8,11-13H,4H2. The lowest BCUT2D eigenvalue weighted by Crippen LogP contribution is -2.22. The van der Waals surface area contributed by atoms with Gasteiger partial charge in [0.05, 0.1) is 6.61 Å². The van der Waals surface area contributed by atoms with E-state index < -0.39 is 18.8 Å². The molecule has 0 saturated heterocycles. The highest BCUT2D eigenvalue weighted by Gasteiger charge is 2.17. The Balaban J connectivity index is 2.77. The molecule has 0 saturated carbocycles. The SMILES string of the molecule is OCC(O)C(O)c1ccc(Cl)nc1. The predicted molar refractivity (Wildman–Crippen MR) is 47.3 cm³/mol. The highest BCUT2D eigenvalue weighted by molar-refractivity contribution is 6.29. The third-order valence-electron chi connectivity index (χ3n) is 1.64. The summed E-state index contributed by atoms with van der Waals surface area (Å²) in [6.07, 6.45) is -0.968. The van der Waals surface area contributed by atoms with Crippen molar-refractivity contribution in [3.05, 3.63) is 29.0 Å². The van der Waals surface area contributed by atoms with Crippen LogP contribution in [0.2, 0.25) is 5.15 Å². The Morgan fingerprint density at radius 2 is 2.08 bits per heavy atom. The summed E-state index contributed by atoms with van der Waals surface area (Å²) >= 11 is 5.53. The summed E-state index contributed by atoms with van der Waals surface area (Å²) in [6, 6.07) is 3.04. The molecule has 0 bridgehead atoms. The molecule has 1 rings (SSSR count). The number of rotatable bonds is 3. The van der Waals surface area contributed by atoms with E-state index in [1.165, 1.54) is 12.3 Å². The van der Waals surface area contributed by atoms with Gasteiger partial charge >= 0.3 is 0 Å². The first kappa shape index (κ1) is 10.4. The van der Waals surface area contributed by atoms with Gasteiger partial charge in [0.2, 0.25) is 0 Å². The van der Waals surface area contributed by atoms with Crippen LogP contribution in [0.15, 0.2) is 18.3 Å². The minimum Gasteiger partial charge on any atom is -0.394 e. The zero-order chi connectivity index (χ0) is 9.84. The van der Waals surface area contributed by atoms with Gasteiger partial charge < -0.3 is 15.3 Å². The fourth-order valence-corrected chi connectivity index (χ4v) is 0.996. The fraction of sp³-hybridized carbons (Fsp3) is 0.375. The van der Waals surface area contributed by atoms with E-state index >= 15 is 0 Å². The summed E-state index contributed by atoms with van der Waals surface area (Å²) in [4.78, 5) is 3.73. The fourth-order valence-electron chi connectivity index (χ4n) is 0.884. The lowest BCUT2D eigenvalue weighted by atomic mass is 10.1. The predicted octanol–water partition coefficient (Wildman–Crippen LogP) is 0.122. The molecule has 2 atom stereocenters. The Labute approximate surface area is 80.4 Å². The smallest absolute Gasteiger partial charge is 0.129 e. The Bertz CT molecular complexity index is 265. The maximum Gasteiger partial charge on any atom is 0.129 e. The van der Waals surface area contributed by atoms with E-state index in [2.05, 4.69) is 4.98 Å². The quantitative estimate of drug-likeness (QED) is 0.611. The summed E-state index contributed by atoms with van der Waals surface area (Å²) in [7, 11) is 0. The zero-order valence-electron chi connectivity index (χ0n) is 6.76. The highest BCUT2D eigenvalue weighted by Crippen LogP contribution is 2.16. The van der Waals surface area contributed by atoms with Crippen LogP contribution in [0.25, 0.3) is 0 Å². The van der Waals surface area contributed by atoms with Crippen LogP contribution in [0.5, 0.6) is 0 Å². The van der Waals surface area contributed by atoms with Crippen LogP contribution < -0.4 is 0 Å². The summed E-state index contributed by atoms with van der Waals surface area (Å²) in [6.45, 7) is -0.496. The van der Waals surface area contributed by atoms with Crippen molar-refractivity contribution in [3.8, 4) is 0 Å². The molecule has 1 heterocycles. The molecule has 0 aromatic carbocycles. The number of hydrogen-bond acceptors (Lipinski definition) is 4. The normalized spacial score (nSPS) is 15.4. The molecule has 1 aromatic rings. The number of aliphatic hydroxyl groups excluding tert-OH is 3. The number of aliphatic hydroxyl groups is 3. The minimum absolute atomic E-state index is 0.314. The Kier molecular flexibility index (Phi) is 3.62. The van der Waals surface area contributed by atoms with E-state index in [0.29, 0.717) is 10.7 Å². The van der Waals surface area contributed by atoms with E-state index in [4.69, 9.17) is 21.8 Å². The lowest BCUT2D eigenvalue weighted by Gasteiger charge is -2.14. The van der Waals surface area contributed by atoms with Crippen LogP contribution in [0.4, 0.5) is 0 Å². The summed E-state index contributed by atoms with van der Waals surface area (Å²) in [5.41, 5.74) is 0.422. The molecular formula is C8H10ClNO3. The van der Waals surface area contributed by atoms with E-state index in [1.54, 1.807) is 6.07 Å². The second kappa shape index (κ2) is 4.53. The van der Waals surface area contributed by atoms with Crippen LogP contribution in [-0.4, -0.2) is 33.0 Å². The molecule has 0 aliphatic rings. The van der Waals surface area contributed by atoms with Crippen molar-refractivity contribution < 1.29 is 15.3 Å². The van der Waals surface area contributed by atoms with Crippen molar-refractivity contribution in [2.24, 2.45) is 0 Å². The van der Waals surface area contributed by atoms with Crippen LogP contribution in [0, 0.1) is 0 Å². The largest absolute Gasteiger partial charge is 0.394 e. The summed E-state index contributed by atoms with van der Waals surface area (Å²) in [5.74, 6) is 0. The van der Waals surface area contributed by atoms with Crippen LogP contribution in [0.3, 0.4) is 0 Å². The molecule has 3 N–H and O–H groups in total. The van der Waals surface area contributed by atoms with Crippen molar-refractivity contribution in [2.75, 3.05) is 6.61 Å². The maximum atomic E-state index is 9.39. The van der Waals surface area contributed by atoms with Crippen molar-refractivity contribution in [1.29, 1.82) is 0 Å². The van der Waals surface area contributed by atoms with Gasteiger partial charge in [-0.2, -0.15) is 0 Å². The van der Waals surface area contributed by atoms with Gasteiger partial charge in [0, 0.05) is 11.8 Å². The van der Waals surface area contributed by atoms with E-state index in [1.807, 2.05) is 0 Å². The molecule has 0 amide bonds. The third-order valence-corrected chi connectivity index (χ3v) is 1.87. The Morgan fingerprint density at radius 3 is 2.54 bits per heavy atom. The average molecular weight is 204 g/mol. The van der Waals surface area contributed by atoms with Gasteiger partial charge in [-0.15, -0.1) is 0 Å². The lowest BCUT2D eigenvalue weighted by molar-refractivity contribution is -0.0154. The van der Waals surface area contributed by atoms with Crippen LogP contribution in [-0.2, 0) is 0 Å². The molecule has 13 heavy (non-hydrogen) atoms. The van der Waals surface area contributed by atoms with Crippen molar-refractivity contribution in [1.82, 2.24) is 4.98 Å². The summed E-state index contributed by atoms with van der Waals surface area (Å²) < 4.78 is 0. The number of halogens is 1. The monoisotopic (exact) mass is 203 g/mol. The number of aromatic nitrogens is 1. The Hall–Kier alpha value is -0.680. The Morgan fingerprint density at radius 1 is 1.38 bits per heavy atom. The molecule has 0 aliphatic heterocycles. The van der Waals surface area contributed by atoms with Gasteiger partial charge in [0.15, 0.2) is 0 Å². The molecule has 0 spiro atoms. The minimum atomic E-state index is -1.19. The molecule has 0 radical (unpaired) electrons. The molecule has 1 aromatic heterocycles. The number of nitrogens with zero attached hydrogens (tertiary/aromatic N) is 1. The van der Waals surface area contributed by atoms with E-state index in [-0.39, 0.29) is 0 Å². The van der Waals surface area contributed by atoms with Crippen molar-refractivity contribution >= 4 is 11.6 Å². The summed E-state index contributed by atoms with van der Waals surface area (Å²) in [5, 5.41) is 27.4. The molecule has 0 fully saturated rings. The van der Waals surface area contributed by atoms with Gasteiger partial charge in [-0.25, -0.2) is 4.98 Å². The molecular weight excluding hydrogens is 194 g/mol. The zero-order valence-corrected chi connectivity index (χ0v) is 7.52. The van der Waals surface area contributed by atoms with Gasteiger partial charge in [0.1, 0.15) is 17.4 Å². The van der Waals surface area contributed by atoms with Gasteiger partial charge in [-0.05, 0) is 6.07 Å². The number of hydrogen-bond donors (Lipinski definition) is 3. The topological polar surface area (TPSA) is 73.6 Å². The first-order valence-corrected chi connectivity index (χ1v) is 4.11. The van der Waals surface area contributed by atoms with Crippen LogP contribution >= 0.6 is 11.6 Å².